The van der Waals surface area contributed by atoms with Crippen molar-refractivity contribution in [2.75, 3.05) is 0 Å². The highest BCUT2D eigenvalue weighted by molar-refractivity contribution is 14.1. The highest BCUT2D eigenvalue weighted by Crippen LogP contribution is 2.26. The van der Waals surface area contributed by atoms with Gasteiger partial charge in [0.15, 0.2) is 0 Å². The maximum Gasteiger partial charge on any atom is 0.0841 e. The van der Waals surface area contributed by atoms with E-state index in [4.69, 9.17) is 11.6 Å². The zero-order valence-corrected chi connectivity index (χ0v) is 13.6. The molecule has 0 aliphatic carbocycles. The topological polar surface area (TPSA) is 20.2 Å². The van der Waals surface area contributed by atoms with Crippen molar-refractivity contribution in [1.82, 2.24) is 0 Å². The van der Waals surface area contributed by atoms with Crippen LogP contribution in [0.25, 0.3) is 0 Å². The lowest BCUT2D eigenvalue weighted by Gasteiger charge is -2.13. The summed E-state index contributed by atoms with van der Waals surface area (Å²) in [6.45, 7) is 2.14. The molecule has 0 saturated carbocycles. The van der Waals surface area contributed by atoms with Crippen molar-refractivity contribution < 1.29 is 5.11 Å². The van der Waals surface area contributed by atoms with Crippen molar-refractivity contribution in [3.8, 4) is 0 Å². The molecule has 0 spiro atoms. The Hall–Kier alpha value is -0.580. The monoisotopic (exact) mass is 386 g/mol. The average molecular weight is 387 g/mol. The number of halogens is 2. The first kappa shape index (κ1) is 14.8. The van der Waals surface area contributed by atoms with E-state index in [1.54, 1.807) is 0 Å². The van der Waals surface area contributed by atoms with Crippen molar-refractivity contribution >= 4 is 34.2 Å². The molecule has 0 heterocycles. The number of benzene rings is 2. The Balaban J connectivity index is 2.15. The molecule has 0 radical (unpaired) electrons. The molecule has 3 heteroatoms. The van der Waals surface area contributed by atoms with E-state index in [0.29, 0.717) is 11.4 Å². The molecule has 0 fully saturated rings. The molecule has 0 aliphatic heterocycles. The van der Waals surface area contributed by atoms with E-state index in [9.17, 15) is 5.11 Å². The minimum absolute atomic E-state index is 0.516. The molecule has 2 rings (SSSR count). The van der Waals surface area contributed by atoms with Crippen molar-refractivity contribution in [1.29, 1.82) is 0 Å². The Morgan fingerprint density at radius 2 is 1.74 bits per heavy atom. The van der Waals surface area contributed by atoms with Gasteiger partial charge in [-0.05, 0) is 63.9 Å². The molecule has 0 amide bonds. The molecule has 1 N–H and O–H groups in total. The van der Waals surface area contributed by atoms with Crippen LogP contribution in [-0.4, -0.2) is 5.11 Å². The molecule has 1 atom stereocenters. The molecule has 19 heavy (non-hydrogen) atoms. The van der Waals surface area contributed by atoms with Gasteiger partial charge in [0.1, 0.15) is 0 Å². The van der Waals surface area contributed by atoms with Gasteiger partial charge in [0.05, 0.1) is 6.10 Å². The number of rotatable bonds is 4. The SMILES string of the molecule is CCc1ccc(CC(O)c2cc(Cl)ccc2I)cc1. The first-order valence-corrected chi connectivity index (χ1v) is 7.76. The van der Waals surface area contributed by atoms with Crippen LogP contribution in [0.3, 0.4) is 0 Å². The van der Waals surface area contributed by atoms with Crippen LogP contribution in [0.4, 0.5) is 0 Å². The molecule has 0 aliphatic rings. The number of aryl methyl sites for hydroxylation is 1. The predicted octanol–water partition coefficient (Wildman–Crippen LogP) is 4.78. The molecule has 0 aromatic heterocycles. The van der Waals surface area contributed by atoms with Gasteiger partial charge >= 0.3 is 0 Å². The summed E-state index contributed by atoms with van der Waals surface area (Å²) in [7, 11) is 0. The van der Waals surface area contributed by atoms with E-state index in [1.807, 2.05) is 18.2 Å². The van der Waals surface area contributed by atoms with Crippen molar-refractivity contribution in [2.45, 2.75) is 25.9 Å². The fraction of sp³-hybridized carbons (Fsp3) is 0.250. The van der Waals surface area contributed by atoms with Crippen molar-refractivity contribution in [2.24, 2.45) is 0 Å². The summed E-state index contributed by atoms with van der Waals surface area (Å²) in [5.41, 5.74) is 3.35. The summed E-state index contributed by atoms with van der Waals surface area (Å²) in [4.78, 5) is 0. The molecule has 2 aromatic rings. The minimum Gasteiger partial charge on any atom is -0.388 e. The lowest BCUT2D eigenvalue weighted by molar-refractivity contribution is 0.177. The standard InChI is InChI=1S/C16H16ClIO/c1-2-11-3-5-12(6-4-11)9-16(19)14-10-13(17)7-8-15(14)18/h3-8,10,16,19H,2,9H2,1H3. The fourth-order valence-electron chi connectivity index (χ4n) is 2.01. The van der Waals surface area contributed by atoms with Crippen LogP contribution < -0.4 is 0 Å². The first-order valence-electron chi connectivity index (χ1n) is 6.31. The first-order chi connectivity index (χ1) is 9.10. The highest BCUT2D eigenvalue weighted by atomic mass is 127. The summed E-state index contributed by atoms with van der Waals surface area (Å²) < 4.78 is 1.04. The Bertz CT molecular complexity index is 551. The Morgan fingerprint density at radius 3 is 2.37 bits per heavy atom. The zero-order chi connectivity index (χ0) is 13.8. The van der Waals surface area contributed by atoms with Gasteiger partial charge < -0.3 is 5.11 Å². The smallest absolute Gasteiger partial charge is 0.0841 e. The third-order valence-electron chi connectivity index (χ3n) is 3.18. The Morgan fingerprint density at radius 1 is 1.11 bits per heavy atom. The van der Waals surface area contributed by atoms with Gasteiger partial charge in [-0.25, -0.2) is 0 Å². The van der Waals surface area contributed by atoms with Crippen LogP contribution in [0.2, 0.25) is 5.02 Å². The molecule has 0 saturated heterocycles. The van der Waals surface area contributed by atoms with E-state index in [1.165, 1.54) is 5.56 Å². The van der Waals surface area contributed by atoms with Crippen LogP contribution in [0, 0.1) is 3.57 Å². The summed E-state index contributed by atoms with van der Waals surface area (Å²) >= 11 is 8.22. The number of aliphatic hydroxyl groups excluding tert-OH is 1. The average Bonchev–Trinajstić information content (AvgIpc) is 2.42. The summed E-state index contributed by atoms with van der Waals surface area (Å²) in [5, 5.41) is 11.0. The van der Waals surface area contributed by atoms with E-state index in [0.717, 1.165) is 21.1 Å². The minimum atomic E-state index is -0.516. The second-order valence-electron chi connectivity index (χ2n) is 4.56. The highest BCUT2D eigenvalue weighted by Gasteiger charge is 2.12. The maximum atomic E-state index is 10.3. The van der Waals surface area contributed by atoms with Crippen LogP contribution in [0.5, 0.6) is 0 Å². The number of hydrogen-bond acceptors (Lipinski definition) is 1. The van der Waals surface area contributed by atoms with E-state index in [-0.39, 0.29) is 0 Å². The molecule has 0 bridgehead atoms. The third-order valence-corrected chi connectivity index (χ3v) is 4.39. The molecule has 2 aromatic carbocycles. The quantitative estimate of drug-likeness (QED) is 0.750. The van der Waals surface area contributed by atoms with Gasteiger partial charge in [0.2, 0.25) is 0 Å². The van der Waals surface area contributed by atoms with Gasteiger partial charge in [-0.3, -0.25) is 0 Å². The van der Waals surface area contributed by atoms with E-state index in [2.05, 4.69) is 53.8 Å². The van der Waals surface area contributed by atoms with E-state index < -0.39 is 6.10 Å². The van der Waals surface area contributed by atoms with Gasteiger partial charge in [-0.15, -0.1) is 0 Å². The van der Waals surface area contributed by atoms with Gasteiger partial charge in [0.25, 0.3) is 0 Å². The lowest BCUT2D eigenvalue weighted by atomic mass is 10.0. The predicted molar refractivity (Wildman–Crippen MR) is 88.7 cm³/mol. The summed E-state index contributed by atoms with van der Waals surface area (Å²) in [5.74, 6) is 0. The normalized spacial score (nSPS) is 12.4. The second-order valence-corrected chi connectivity index (χ2v) is 6.15. The Labute approximate surface area is 132 Å². The van der Waals surface area contributed by atoms with Crippen molar-refractivity contribution in [3.05, 3.63) is 67.7 Å². The zero-order valence-electron chi connectivity index (χ0n) is 10.7. The summed E-state index contributed by atoms with van der Waals surface area (Å²) in [6, 6.07) is 14.0. The maximum absolute atomic E-state index is 10.3. The van der Waals surface area contributed by atoms with Crippen LogP contribution in [-0.2, 0) is 12.8 Å². The number of hydrogen-bond donors (Lipinski definition) is 1. The molecule has 1 nitrogen and oxygen atoms in total. The lowest BCUT2D eigenvalue weighted by Crippen LogP contribution is -2.04. The van der Waals surface area contributed by atoms with Crippen LogP contribution >= 0.6 is 34.2 Å². The fourth-order valence-corrected chi connectivity index (χ4v) is 2.89. The largest absolute Gasteiger partial charge is 0.388 e. The van der Waals surface area contributed by atoms with Gasteiger partial charge in [-0.2, -0.15) is 0 Å². The summed E-state index contributed by atoms with van der Waals surface area (Å²) in [6.07, 6.45) is 1.13. The van der Waals surface area contributed by atoms with Crippen LogP contribution in [0.1, 0.15) is 29.7 Å². The molecule has 1 unspecified atom stereocenters. The van der Waals surface area contributed by atoms with Gasteiger partial charge in [-0.1, -0.05) is 42.8 Å². The van der Waals surface area contributed by atoms with Crippen molar-refractivity contribution in [3.63, 3.8) is 0 Å². The van der Waals surface area contributed by atoms with Gasteiger partial charge in [0, 0.05) is 15.0 Å². The third kappa shape index (κ3) is 3.94. The van der Waals surface area contributed by atoms with E-state index >= 15 is 0 Å². The Kier molecular flexibility index (Phi) is 5.25. The number of aliphatic hydroxyl groups is 1. The molecule has 100 valence electrons. The van der Waals surface area contributed by atoms with Crippen LogP contribution in [0.15, 0.2) is 42.5 Å². The molecular formula is C16H16ClIO. The molecular weight excluding hydrogens is 371 g/mol. The second kappa shape index (κ2) is 6.73.